The highest BCUT2D eigenvalue weighted by atomic mass is 32.2. The number of nitrogens with two attached hydrogens (primary N) is 1. The summed E-state index contributed by atoms with van der Waals surface area (Å²) in [4.78, 5) is 0.0305. The molecule has 0 fully saturated rings. The van der Waals surface area contributed by atoms with Gasteiger partial charge in [0, 0.05) is 18.7 Å². The molecule has 0 bridgehead atoms. The van der Waals surface area contributed by atoms with Gasteiger partial charge in [-0.05, 0) is 12.1 Å². The molecule has 0 saturated carbocycles. The molecule has 6 nitrogen and oxygen atoms in total. The largest absolute Gasteiger partial charge is 0.372 e. The molecule has 0 aliphatic rings. The molecule has 23 heavy (non-hydrogen) atoms. The third-order valence-corrected chi connectivity index (χ3v) is 4.39. The lowest BCUT2D eigenvalue weighted by molar-refractivity contribution is 0.596. The lowest BCUT2D eigenvalue weighted by Crippen LogP contribution is -2.16. The zero-order chi connectivity index (χ0) is 16.4. The zero-order valence-electron chi connectivity index (χ0n) is 12.5. The SMILES string of the molecule is CNc1cc(-c2ccccc2)n(-c2ccccc2S(N)(=O)=O)n1. The van der Waals surface area contributed by atoms with Crippen LogP contribution in [0, 0.1) is 0 Å². The molecule has 1 aromatic heterocycles. The molecule has 3 N–H and O–H groups in total. The number of nitrogens with zero attached hydrogens (tertiary/aromatic N) is 2. The first-order valence-electron chi connectivity index (χ1n) is 6.96. The van der Waals surface area contributed by atoms with Crippen molar-refractivity contribution in [1.82, 2.24) is 9.78 Å². The number of anilines is 1. The number of primary sulfonamides is 1. The Labute approximate surface area is 134 Å². The number of sulfonamides is 1. The van der Waals surface area contributed by atoms with E-state index in [-0.39, 0.29) is 4.90 Å². The number of nitrogens with one attached hydrogen (secondary N) is 1. The van der Waals surface area contributed by atoms with Gasteiger partial charge in [-0.2, -0.15) is 0 Å². The van der Waals surface area contributed by atoms with E-state index in [0.717, 1.165) is 11.3 Å². The van der Waals surface area contributed by atoms with Gasteiger partial charge in [0.05, 0.1) is 11.4 Å². The van der Waals surface area contributed by atoms with Crippen LogP contribution in [-0.4, -0.2) is 25.2 Å². The molecule has 0 radical (unpaired) electrons. The van der Waals surface area contributed by atoms with Crippen LogP contribution in [0.3, 0.4) is 0 Å². The average Bonchev–Trinajstić information content (AvgIpc) is 2.99. The standard InChI is InChI=1S/C16H16N4O2S/c1-18-16-11-14(12-7-3-2-4-8-12)20(19-16)13-9-5-6-10-15(13)23(17,21)22/h2-11H,1H3,(H,18,19)(H2,17,21,22). The van der Waals surface area contributed by atoms with Gasteiger partial charge in [-0.3, -0.25) is 0 Å². The average molecular weight is 328 g/mol. The summed E-state index contributed by atoms with van der Waals surface area (Å²) in [6.45, 7) is 0. The molecule has 118 valence electrons. The van der Waals surface area contributed by atoms with Crippen molar-refractivity contribution in [2.75, 3.05) is 12.4 Å². The first-order chi connectivity index (χ1) is 11.0. The molecule has 3 rings (SSSR count). The normalized spacial score (nSPS) is 11.4. The Morgan fingerprint density at radius 1 is 1.04 bits per heavy atom. The van der Waals surface area contributed by atoms with Crippen LogP contribution >= 0.6 is 0 Å². The summed E-state index contributed by atoms with van der Waals surface area (Å²) in [5.74, 6) is 0.632. The van der Waals surface area contributed by atoms with E-state index in [2.05, 4.69) is 10.4 Å². The van der Waals surface area contributed by atoms with E-state index >= 15 is 0 Å². The predicted molar refractivity (Wildman–Crippen MR) is 89.9 cm³/mol. The minimum absolute atomic E-state index is 0.0305. The zero-order valence-corrected chi connectivity index (χ0v) is 13.3. The van der Waals surface area contributed by atoms with Gasteiger partial charge in [0.15, 0.2) is 0 Å². The topological polar surface area (TPSA) is 90.0 Å². The van der Waals surface area contributed by atoms with Crippen molar-refractivity contribution in [1.29, 1.82) is 0 Å². The summed E-state index contributed by atoms with van der Waals surface area (Å²) in [6.07, 6.45) is 0. The van der Waals surface area contributed by atoms with Crippen LogP contribution < -0.4 is 10.5 Å². The number of para-hydroxylation sites is 1. The highest BCUT2D eigenvalue weighted by molar-refractivity contribution is 7.89. The molecule has 0 unspecified atom stereocenters. The van der Waals surface area contributed by atoms with Gasteiger partial charge in [-0.25, -0.2) is 18.2 Å². The van der Waals surface area contributed by atoms with Crippen molar-refractivity contribution in [2.45, 2.75) is 4.90 Å². The number of hydrogen-bond donors (Lipinski definition) is 2. The second-order valence-electron chi connectivity index (χ2n) is 4.96. The van der Waals surface area contributed by atoms with E-state index in [1.807, 2.05) is 36.4 Å². The van der Waals surface area contributed by atoms with Gasteiger partial charge in [0.2, 0.25) is 10.0 Å². The lowest BCUT2D eigenvalue weighted by Gasteiger charge is -2.11. The van der Waals surface area contributed by atoms with Crippen molar-refractivity contribution >= 4 is 15.8 Å². The molecule has 1 heterocycles. The van der Waals surface area contributed by atoms with Gasteiger partial charge in [0.1, 0.15) is 10.7 Å². The minimum Gasteiger partial charge on any atom is -0.372 e. The van der Waals surface area contributed by atoms with Crippen LogP contribution in [0.5, 0.6) is 0 Å². The molecule has 0 spiro atoms. The first-order valence-corrected chi connectivity index (χ1v) is 8.51. The Hall–Kier alpha value is -2.64. The Morgan fingerprint density at radius 3 is 2.35 bits per heavy atom. The Balaban J connectivity index is 2.28. The number of aromatic nitrogens is 2. The van der Waals surface area contributed by atoms with Gasteiger partial charge in [0.25, 0.3) is 0 Å². The minimum atomic E-state index is -3.86. The molecule has 0 aliphatic carbocycles. The summed E-state index contributed by atoms with van der Waals surface area (Å²) < 4.78 is 25.3. The molecule has 3 aromatic rings. The maximum absolute atomic E-state index is 11.9. The molecule has 0 aliphatic heterocycles. The Bertz CT molecular complexity index is 934. The van der Waals surface area contributed by atoms with Crippen molar-refractivity contribution in [3.05, 3.63) is 60.7 Å². The summed E-state index contributed by atoms with van der Waals surface area (Å²) in [5.41, 5.74) is 2.10. The third kappa shape index (κ3) is 2.96. The van der Waals surface area contributed by atoms with E-state index in [1.54, 1.807) is 29.9 Å². The lowest BCUT2D eigenvalue weighted by atomic mass is 10.1. The second kappa shape index (κ2) is 5.86. The Morgan fingerprint density at radius 2 is 1.70 bits per heavy atom. The van der Waals surface area contributed by atoms with E-state index in [9.17, 15) is 8.42 Å². The molecule has 2 aromatic carbocycles. The molecule has 0 saturated heterocycles. The van der Waals surface area contributed by atoms with Gasteiger partial charge in [-0.15, -0.1) is 5.10 Å². The van der Waals surface area contributed by atoms with Crippen molar-refractivity contribution in [3.8, 4) is 16.9 Å². The molecule has 0 amide bonds. The van der Waals surface area contributed by atoms with Gasteiger partial charge < -0.3 is 5.32 Å². The highest BCUT2D eigenvalue weighted by Crippen LogP contribution is 2.28. The summed E-state index contributed by atoms with van der Waals surface area (Å²) in [5, 5.41) is 12.7. The molecule has 7 heteroatoms. The highest BCUT2D eigenvalue weighted by Gasteiger charge is 2.19. The van der Waals surface area contributed by atoms with Crippen molar-refractivity contribution in [2.24, 2.45) is 5.14 Å². The van der Waals surface area contributed by atoms with Crippen molar-refractivity contribution in [3.63, 3.8) is 0 Å². The van der Waals surface area contributed by atoms with Crippen molar-refractivity contribution < 1.29 is 8.42 Å². The summed E-state index contributed by atoms with van der Waals surface area (Å²) >= 11 is 0. The smallest absolute Gasteiger partial charge is 0.240 e. The third-order valence-electron chi connectivity index (χ3n) is 3.44. The number of hydrogen-bond acceptors (Lipinski definition) is 4. The monoisotopic (exact) mass is 328 g/mol. The van der Waals surface area contributed by atoms with Gasteiger partial charge >= 0.3 is 0 Å². The predicted octanol–water partition coefficient (Wildman–Crippen LogP) is 2.23. The van der Waals surface area contributed by atoms with Gasteiger partial charge in [-0.1, -0.05) is 42.5 Å². The fourth-order valence-electron chi connectivity index (χ4n) is 2.37. The molecule has 0 atom stereocenters. The summed E-state index contributed by atoms with van der Waals surface area (Å²) in [6, 6.07) is 18.0. The van der Waals surface area contributed by atoms with Crippen LogP contribution in [0.4, 0.5) is 5.82 Å². The van der Waals surface area contributed by atoms with Crippen LogP contribution in [0.2, 0.25) is 0 Å². The molecular formula is C16H16N4O2S. The van der Waals surface area contributed by atoms with E-state index < -0.39 is 10.0 Å². The quantitative estimate of drug-likeness (QED) is 0.768. The summed E-state index contributed by atoms with van der Waals surface area (Å²) in [7, 11) is -2.10. The fourth-order valence-corrected chi connectivity index (χ4v) is 3.09. The van der Waals surface area contributed by atoms with Crippen LogP contribution in [0.15, 0.2) is 65.6 Å². The van der Waals surface area contributed by atoms with Crippen LogP contribution in [0.1, 0.15) is 0 Å². The maximum Gasteiger partial charge on any atom is 0.240 e. The number of benzene rings is 2. The van der Waals surface area contributed by atoms with E-state index in [1.165, 1.54) is 6.07 Å². The van der Waals surface area contributed by atoms with E-state index in [0.29, 0.717) is 11.5 Å². The Kier molecular flexibility index (Phi) is 3.89. The van der Waals surface area contributed by atoms with Crippen LogP contribution in [-0.2, 0) is 10.0 Å². The second-order valence-corrected chi connectivity index (χ2v) is 6.49. The number of rotatable bonds is 4. The first kappa shape index (κ1) is 15.3. The van der Waals surface area contributed by atoms with Crippen LogP contribution in [0.25, 0.3) is 16.9 Å². The molecular weight excluding hydrogens is 312 g/mol. The fraction of sp³-hybridized carbons (Fsp3) is 0.0625. The maximum atomic E-state index is 11.9. The van der Waals surface area contributed by atoms with E-state index in [4.69, 9.17) is 5.14 Å².